The van der Waals surface area contributed by atoms with Crippen molar-refractivity contribution in [3.05, 3.63) is 151 Å². The first-order valence-electron chi connectivity index (χ1n) is 15.7. The minimum absolute atomic E-state index is 0.182. The third kappa shape index (κ3) is 4.44. The van der Waals surface area contributed by atoms with E-state index in [1.807, 2.05) is 24.5 Å². The van der Waals surface area contributed by atoms with Crippen molar-refractivity contribution < 1.29 is 0 Å². The van der Waals surface area contributed by atoms with Gasteiger partial charge in [0, 0.05) is 45.4 Å². The molecule has 3 aromatic heterocycles. The van der Waals surface area contributed by atoms with Crippen LogP contribution in [0.2, 0.25) is 0 Å². The van der Waals surface area contributed by atoms with Gasteiger partial charge < -0.3 is 4.90 Å². The van der Waals surface area contributed by atoms with E-state index in [-0.39, 0.29) is 5.41 Å². The molecule has 5 nitrogen and oxygen atoms in total. The summed E-state index contributed by atoms with van der Waals surface area (Å²) < 4.78 is 4.88. The van der Waals surface area contributed by atoms with Crippen molar-refractivity contribution in [3.63, 3.8) is 0 Å². The second-order valence-corrected chi connectivity index (χ2v) is 13.2. The molecule has 0 atom stereocenters. The van der Waals surface area contributed by atoms with Crippen LogP contribution >= 0.6 is 11.5 Å². The molecule has 0 aliphatic carbocycles. The summed E-state index contributed by atoms with van der Waals surface area (Å²) in [6.07, 6.45) is 3.65. The number of hydrogen-bond donors (Lipinski definition) is 0. The average Bonchev–Trinajstić information content (AvgIpc) is 3.62. The molecule has 5 aromatic carbocycles. The lowest BCUT2D eigenvalue weighted by atomic mass is 9.73. The van der Waals surface area contributed by atoms with Crippen molar-refractivity contribution in [2.75, 3.05) is 4.90 Å². The Kier molecular flexibility index (Phi) is 6.27. The fraction of sp³-hybridized carbons (Fsp3) is 0.0732. The van der Waals surface area contributed by atoms with Crippen LogP contribution in [0.4, 0.5) is 17.1 Å². The Hall–Kier alpha value is -5.72. The van der Waals surface area contributed by atoms with E-state index in [9.17, 15) is 0 Å². The standard InChI is InChI=1S/C41H29N5S/c1-41(2)33-12-6-7-13-35(33)46(30-18-14-27(15-19-30)26-9-4-3-5-10-26)36-25-29(17-21-34(36)41)39-44-40(47-45-39)32-22-24-43-38-31(32)20-16-28-11-8-23-42-37(28)38/h3-25H,1-2H3. The van der Waals surface area contributed by atoms with Gasteiger partial charge in [-0.25, -0.2) is 4.98 Å². The summed E-state index contributed by atoms with van der Waals surface area (Å²) in [4.78, 5) is 16.8. The van der Waals surface area contributed by atoms with Crippen molar-refractivity contribution in [1.29, 1.82) is 0 Å². The van der Waals surface area contributed by atoms with Crippen LogP contribution in [-0.2, 0) is 5.41 Å². The topological polar surface area (TPSA) is 54.8 Å². The first-order chi connectivity index (χ1) is 23.1. The minimum Gasteiger partial charge on any atom is -0.310 e. The lowest BCUT2D eigenvalue weighted by molar-refractivity contribution is 0.632. The van der Waals surface area contributed by atoms with Crippen LogP contribution in [0, 0.1) is 0 Å². The zero-order valence-corrected chi connectivity index (χ0v) is 26.7. The molecule has 9 rings (SSSR count). The molecule has 0 unspecified atom stereocenters. The third-order valence-electron chi connectivity index (χ3n) is 9.36. The number of aromatic nitrogens is 4. The summed E-state index contributed by atoms with van der Waals surface area (Å²) in [5.74, 6) is 0.715. The van der Waals surface area contributed by atoms with E-state index in [4.69, 9.17) is 9.36 Å². The summed E-state index contributed by atoms with van der Waals surface area (Å²) in [5.41, 5.74) is 12.0. The normalized spacial score (nSPS) is 13.4. The predicted octanol–water partition coefficient (Wildman–Crippen LogP) is 10.7. The molecular weight excluding hydrogens is 595 g/mol. The van der Waals surface area contributed by atoms with E-state index in [1.54, 1.807) is 0 Å². The minimum atomic E-state index is -0.182. The molecule has 0 radical (unpaired) electrons. The molecule has 224 valence electrons. The molecule has 0 N–H and O–H groups in total. The molecule has 0 fully saturated rings. The maximum Gasteiger partial charge on any atom is 0.173 e. The lowest BCUT2D eigenvalue weighted by Crippen LogP contribution is -2.30. The second-order valence-electron chi connectivity index (χ2n) is 12.4. The van der Waals surface area contributed by atoms with E-state index >= 15 is 0 Å². The highest BCUT2D eigenvalue weighted by Gasteiger charge is 2.37. The molecular formula is C41H29N5S. The zero-order valence-electron chi connectivity index (χ0n) is 25.9. The van der Waals surface area contributed by atoms with Gasteiger partial charge in [-0.15, -0.1) is 0 Å². The maximum atomic E-state index is 5.09. The summed E-state index contributed by atoms with van der Waals surface area (Å²) >= 11 is 1.42. The summed E-state index contributed by atoms with van der Waals surface area (Å²) in [5, 5.41) is 2.95. The molecule has 4 heterocycles. The fourth-order valence-electron chi connectivity index (χ4n) is 6.96. The van der Waals surface area contributed by atoms with Crippen LogP contribution in [0.25, 0.3) is 54.9 Å². The Morgan fingerprint density at radius 1 is 0.596 bits per heavy atom. The highest BCUT2D eigenvalue weighted by atomic mass is 32.1. The first kappa shape index (κ1) is 27.6. The molecule has 1 aliphatic heterocycles. The van der Waals surface area contributed by atoms with Gasteiger partial charge in [0.25, 0.3) is 0 Å². The Bertz CT molecular complexity index is 2450. The Morgan fingerprint density at radius 3 is 2.21 bits per heavy atom. The van der Waals surface area contributed by atoms with Crippen LogP contribution in [0.5, 0.6) is 0 Å². The second kappa shape index (κ2) is 10.7. The summed E-state index contributed by atoms with van der Waals surface area (Å²) in [6.45, 7) is 4.62. The Labute approximate surface area is 277 Å². The summed E-state index contributed by atoms with van der Waals surface area (Å²) in [7, 11) is 0. The summed E-state index contributed by atoms with van der Waals surface area (Å²) in [6, 6.07) is 45.1. The van der Waals surface area contributed by atoms with Crippen molar-refractivity contribution in [3.8, 4) is 33.1 Å². The van der Waals surface area contributed by atoms with E-state index in [2.05, 4.69) is 144 Å². The highest BCUT2D eigenvalue weighted by molar-refractivity contribution is 7.09. The van der Waals surface area contributed by atoms with Gasteiger partial charge in [-0.05, 0) is 70.2 Å². The largest absolute Gasteiger partial charge is 0.310 e. The lowest BCUT2D eigenvalue weighted by Gasteiger charge is -2.42. The predicted molar refractivity (Wildman–Crippen MR) is 194 cm³/mol. The molecule has 8 aromatic rings. The SMILES string of the molecule is CC1(C)c2ccccc2N(c2ccc(-c3ccccc3)cc2)c2cc(-c3nsc(-c4ccnc5c4ccc4cccnc45)n3)ccc21. The third-order valence-corrected chi connectivity index (χ3v) is 10.1. The van der Waals surface area contributed by atoms with E-state index in [0.29, 0.717) is 5.82 Å². The number of para-hydroxylation sites is 1. The van der Waals surface area contributed by atoms with Gasteiger partial charge in [0.05, 0.1) is 22.4 Å². The molecule has 0 bridgehead atoms. The van der Waals surface area contributed by atoms with Gasteiger partial charge in [-0.1, -0.05) is 105 Å². The van der Waals surface area contributed by atoms with E-state index < -0.39 is 0 Å². The average molecular weight is 624 g/mol. The van der Waals surface area contributed by atoms with Crippen LogP contribution in [0.3, 0.4) is 0 Å². The van der Waals surface area contributed by atoms with Crippen molar-refractivity contribution >= 4 is 50.4 Å². The Morgan fingerprint density at radius 2 is 1.34 bits per heavy atom. The molecule has 0 spiro atoms. The number of pyridine rings is 2. The van der Waals surface area contributed by atoms with Gasteiger partial charge in [0.15, 0.2) is 5.82 Å². The molecule has 47 heavy (non-hydrogen) atoms. The quantitative estimate of drug-likeness (QED) is 0.183. The monoisotopic (exact) mass is 623 g/mol. The Balaban J connectivity index is 1.16. The molecule has 1 aliphatic rings. The van der Waals surface area contributed by atoms with Crippen LogP contribution in [0.15, 0.2) is 140 Å². The number of hydrogen-bond acceptors (Lipinski definition) is 6. The number of rotatable bonds is 4. The number of anilines is 3. The number of benzene rings is 5. The maximum absolute atomic E-state index is 5.09. The molecule has 0 saturated carbocycles. The zero-order chi connectivity index (χ0) is 31.5. The van der Waals surface area contributed by atoms with Crippen LogP contribution in [0.1, 0.15) is 25.0 Å². The first-order valence-corrected chi connectivity index (χ1v) is 16.5. The van der Waals surface area contributed by atoms with Crippen molar-refractivity contribution in [2.24, 2.45) is 0 Å². The van der Waals surface area contributed by atoms with Gasteiger partial charge in [-0.2, -0.15) is 4.37 Å². The van der Waals surface area contributed by atoms with Gasteiger partial charge in [0.2, 0.25) is 0 Å². The van der Waals surface area contributed by atoms with Crippen molar-refractivity contribution in [1.82, 2.24) is 19.3 Å². The molecule has 0 saturated heterocycles. The molecule has 0 amide bonds. The fourth-order valence-corrected chi connectivity index (χ4v) is 7.68. The van der Waals surface area contributed by atoms with Crippen molar-refractivity contribution in [2.45, 2.75) is 19.3 Å². The number of nitrogens with zero attached hydrogens (tertiary/aromatic N) is 5. The van der Waals surface area contributed by atoms with Gasteiger partial charge in [-0.3, -0.25) is 9.97 Å². The number of fused-ring (bicyclic) bond motifs is 5. The van der Waals surface area contributed by atoms with E-state index in [1.165, 1.54) is 39.5 Å². The molecule has 6 heteroatoms. The smallest absolute Gasteiger partial charge is 0.173 e. The van der Waals surface area contributed by atoms with E-state index in [0.717, 1.165) is 49.3 Å². The van der Waals surface area contributed by atoms with Crippen LogP contribution in [-0.4, -0.2) is 19.3 Å². The van der Waals surface area contributed by atoms with Gasteiger partial charge >= 0.3 is 0 Å². The van der Waals surface area contributed by atoms with Crippen LogP contribution < -0.4 is 4.90 Å². The highest BCUT2D eigenvalue weighted by Crippen LogP contribution is 2.52. The van der Waals surface area contributed by atoms with Gasteiger partial charge in [0.1, 0.15) is 5.01 Å².